The summed E-state index contributed by atoms with van der Waals surface area (Å²) < 4.78 is 19.3. The number of rotatable bonds is 3. The van der Waals surface area contributed by atoms with Crippen LogP contribution in [0, 0.1) is 5.82 Å². The Hall–Kier alpha value is -1.55. The molecular formula is C13H11BrFNO. The van der Waals surface area contributed by atoms with Gasteiger partial charge in [0.2, 0.25) is 0 Å². The molecule has 17 heavy (non-hydrogen) atoms. The van der Waals surface area contributed by atoms with Crippen molar-refractivity contribution in [2.45, 2.75) is 6.61 Å². The molecule has 0 aliphatic carbocycles. The Labute approximate surface area is 107 Å². The molecule has 0 unspecified atom stereocenters. The molecule has 0 atom stereocenters. The van der Waals surface area contributed by atoms with Gasteiger partial charge < -0.3 is 10.5 Å². The third kappa shape index (κ3) is 3.20. The Morgan fingerprint density at radius 1 is 1.18 bits per heavy atom. The summed E-state index contributed by atoms with van der Waals surface area (Å²) in [6, 6.07) is 11.8. The number of anilines is 1. The Morgan fingerprint density at radius 2 is 2.00 bits per heavy atom. The molecule has 0 spiro atoms. The fraction of sp³-hybridized carbons (Fsp3) is 0.0769. The fourth-order valence-corrected chi connectivity index (χ4v) is 1.79. The summed E-state index contributed by atoms with van der Waals surface area (Å²) in [5, 5.41) is 0. The summed E-state index contributed by atoms with van der Waals surface area (Å²) in [4.78, 5) is 0. The third-order valence-electron chi connectivity index (χ3n) is 2.30. The van der Waals surface area contributed by atoms with E-state index in [0.29, 0.717) is 12.3 Å². The summed E-state index contributed by atoms with van der Waals surface area (Å²) in [5.41, 5.74) is 6.86. The second-order valence-electron chi connectivity index (χ2n) is 3.59. The van der Waals surface area contributed by atoms with Crippen LogP contribution < -0.4 is 10.5 Å². The molecule has 2 aromatic rings. The molecule has 2 nitrogen and oxygen atoms in total. The Morgan fingerprint density at radius 3 is 2.71 bits per heavy atom. The second kappa shape index (κ2) is 5.19. The van der Waals surface area contributed by atoms with Crippen LogP contribution in [0.15, 0.2) is 46.9 Å². The third-order valence-corrected chi connectivity index (χ3v) is 2.79. The number of halogens is 2. The lowest BCUT2D eigenvalue weighted by atomic mass is 10.2. The highest BCUT2D eigenvalue weighted by Gasteiger charge is 2.02. The van der Waals surface area contributed by atoms with Crippen molar-refractivity contribution in [1.82, 2.24) is 0 Å². The molecular weight excluding hydrogens is 285 g/mol. The highest BCUT2D eigenvalue weighted by atomic mass is 79.9. The fourth-order valence-electron chi connectivity index (χ4n) is 1.42. The van der Waals surface area contributed by atoms with Gasteiger partial charge in [-0.25, -0.2) is 4.39 Å². The molecule has 0 aliphatic heterocycles. The van der Waals surface area contributed by atoms with Gasteiger partial charge in [0.25, 0.3) is 0 Å². The first-order valence-corrected chi connectivity index (χ1v) is 5.87. The number of nitrogen functional groups attached to an aromatic ring is 1. The minimum atomic E-state index is -0.339. The van der Waals surface area contributed by atoms with Crippen LogP contribution >= 0.6 is 15.9 Å². The number of ether oxygens (including phenoxy) is 1. The zero-order valence-electron chi connectivity index (χ0n) is 8.99. The summed E-state index contributed by atoms with van der Waals surface area (Å²) in [5.74, 6) is 0.400. The predicted molar refractivity (Wildman–Crippen MR) is 69.3 cm³/mol. The topological polar surface area (TPSA) is 35.2 Å². The van der Waals surface area contributed by atoms with Gasteiger partial charge >= 0.3 is 0 Å². The lowest BCUT2D eigenvalue weighted by molar-refractivity contribution is 0.306. The summed E-state index contributed by atoms with van der Waals surface area (Å²) in [7, 11) is 0. The molecule has 2 N–H and O–H groups in total. The first-order valence-electron chi connectivity index (χ1n) is 5.07. The van der Waals surface area contributed by atoms with Crippen molar-refractivity contribution in [2.24, 2.45) is 0 Å². The van der Waals surface area contributed by atoms with Crippen LogP contribution in [0.4, 0.5) is 10.1 Å². The van der Waals surface area contributed by atoms with Crippen LogP contribution in [0.2, 0.25) is 0 Å². The van der Waals surface area contributed by atoms with Crippen molar-refractivity contribution in [3.05, 3.63) is 58.3 Å². The SMILES string of the molecule is Nc1cc(F)ccc1COc1cccc(Br)c1. The molecule has 0 heterocycles. The molecule has 0 aliphatic rings. The minimum Gasteiger partial charge on any atom is -0.489 e. The van der Waals surface area contributed by atoms with Crippen LogP contribution in [-0.2, 0) is 6.61 Å². The van der Waals surface area contributed by atoms with E-state index in [1.165, 1.54) is 12.1 Å². The van der Waals surface area contributed by atoms with Crippen molar-refractivity contribution >= 4 is 21.6 Å². The van der Waals surface area contributed by atoms with Gasteiger partial charge in [-0.3, -0.25) is 0 Å². The van der Waals surface area contributed by atoms with Gasteiger partial charge in [-0.15, -0.1) is 0 Å². The normalized spacial score (nSPS) is 10.2. The highest BCUT2D eigenvalue weighted by molar-refractivity contribution is 9.10. The van der Waals surface area contributed by atoms with Gasteiger partial charge in [0.1, 0.15) is 18.2 Å². The number of hydrogen-bond acceptors (Lipinski definition) is 2. The van der Waals surface area contributed by atoms with E-state index >= 15 is 0 Å². The molecule has 4 heteroatoms. The van der Waals surface area contributed by atoms with Crippen molar-refractivity contribution < 1.29 is 9.13 Å². The molecule has 0 fully saturated rings. The second-order valence-corrected chi connectivity index (χ2v) is 4.50. The maximum atomic E-state index is 12.8. The summed E-state index contributed by atoms with van der Waals surface area (Å²) >= 11 is 3.36. The first-order chi connectivity index (χ1) is 8.15. The molecule has 0 amide bonds. The maximum Gasteiger partial charge on any atom is 0.125 e. The number of nitrogens with two attached hydrogens (primary N) is 1. The Balaban J connectivity index is 2.07. The van der Waals surface area contributed by atoms with E-state index in [2.05, 4.69) is 15.9 Å². The van der Waals surface area contributed by atoms with Crippen LogP contribution in [-0.4, -0.2) is 0 Å². The van der Waals surface area contributed by atoms with Gasteiger partial charge in [-0.05, 0) is 30.3 Å². The van der Waals surface area contributed by atoms with Gasteiger partial charge in [-0.1, -0.05) is 28.1 Å². The van der Waals surface area contributed by atoms with E-state index in [4.69, 9.17) is 10.5 Å². The van der Waals surface area contributed by atoms with E-state index in [1.807, 2.05) is 24.3 Å². The van der Waals surface area contributed by atoms with Crippen molar-refractivity contribution in [3.63, 3.8) is 0 Å². The maximum absolute atomic E-state index is 12.8. The predicted octanol–water partition coefficient (Wildman–Crippen LogP) is 3.75. The molecule has 0 aromatic heterocycles. The monoisotopic (exact) mass is 295 g/mol. The van der Waals surface area contributed by atoms with Crippen molar-refractivity contribution in [2.75, 3.05) is 5.73 Å². The molecule has 88 valence electrons. The van der Waals surface area contributed by atoms with E-state index in [1.54, 1.807) is 6.07 Å². The molecule has 0 bridgehead atoms. The van der Waals surface area contributed by atoms with E-state index in [9.17, 15) is 4.39 Å². The van der Waals surface area contributed by atoms with Gasteiger partial charge in [0.05, 0.1) is 0 Å². The van der Waals surface area contributed by atoms with Crippen LogP contribution in [0.25, 0.3) is 0 Å². The Bertz CT molecular complexity index is 531. The number of benzene rings is 2. The van der Waals surface area contributed by atoms with E-state index < -0.39 is 0 Å². The van der Waals surface area contributed by atoms with Gasteiger partial charge in [0.15, 0.2) is 0 Å². The highest BCUT2D eigenvalue weighted by Crippen LogP contribution is 2.20. The average Bonchev–Trinajstić information content (AvgIpc) is 2.28. The van der Waals surface area contributed by atoms with Crippen LogP contribution in [0.1, 0.15) is 5.56 Å². The zero-order valence-corrected chi connectivity index (χ0v) is 10.6. The lowest BCUT2D eigenvalue weighted by Gasteiger charge is -2.08. The minimum absolute atomic E-state index is 0.322. The molecule has 2 rings (SSSR count). The quantitative estimate of drug-likeness (QED) is 0.875. The summed E-state index contributed by atoms with van der Waals surface area (Å²) in [6.07, 6.45) is 0. The standard InChI is InChI=1S/C13H11BrFNO/c14-10-2-1-3-12(6-10)17-8-9-4-5-11(15)7-13(9)16/h1-7H,8,16H2. The first kappa shape index (κ1) is 11.9. The molecule has 2 aromatic carbocycles. The van der Waals surface area contributed by atoms with Gasteiger partial charge in [0, 0.05) is 15.7 Å². The lowest BCUT2D eigenvalue weighted by Crippen LogP contribution is -2.00. The van der Waals surface area contributed by atoms with Crippen molar-refractivity contribution in [1.29, 1.82) is 0 Å². The van der Waals surface area contributed by atoms with E-state index in [-0.39, 0.29) is 5.82 Å². The van der Waals surface area contributed by atoms with Crippen LogP contribution in [0.3, 0.4) is 0 Å². The smallest absolute Gasteiger partial charge is 0.125 e. The Kier molecular flexibility index (Phi) is 3.64. The van der Waals surface area contributed by atoms with Gasteiger partial charge in [-0.2, -0.15) is 0 Å². The van der Waals surface area contributed by atoms with E-state index in [0.717, 1.165) is 15.8 Å². The number of hydrogen-bond donors (Lipinski definition) is 1. The summed E-state index contributed by atoms with van der Waals surface area (Å²) in [6.45, 7) is 0.322. The largest absolute Gasteiger partial charge is 0.489 e. The molecule has 0 radical (unpaired) electrons. The van der Waals surface area contributed by atoms with Crippen LogP contribution in [0.5, 0.6) is 5.75 Å². The average molecular weight is 296 g/mol. The molecule has 0 saturated carbocycles. The van der Waals surface area contributed by atoms with Crippen molar-refractivity contribution in [3.8, 4) is 5.75 Å². The zero-order chi connectivity index (χ0) is 12.3. The molecule has 0 saturated heterocycles.